The number of nitrogens with zero attached hydrogens (tertiary/aromatic N) is 2. The molecular weight excluding hydrogens is 605 g/mol. The van der Waals surface area contributed by atoms with Gasteiger partial charge in [-0.05, 0) is 104 Å². The van der Waals surface area contributed by atoms with Crippen LogP contribution in [0.2, 0.25) is 0 Å². The van der Waals surface area contributed by atoms with Crippen molar-refractivity contribution in [3.8, 4) is 22.5 Å². The number of aromatic nitrogens is 2. The fourth-order valence-electron chi connectivity index (χ4n) is 10.1. The molecule has 0 N–H and O–H groups in total. The van der Waals surface area contributed by atoms with E-state index in [1.54, 1.807) is 0 Å². The van der Waals surface area contributed by atoms with E-state index in [9.17, 15) is 0 Å². The van der Waals surface area contributed by atoms with Crippen molar-refractivity contribution in [2.24, 2.45) is 5.41 Å². The minimum absolute atomic E-state index is 0.0242. The summed E-state index contributed by atoms with van der Waals surface area (Å²) >= 11 is 0. The standard InChI is InChI=1S/C48H44N2/c1-45(2)36-20-14-12-18-31(36)33-27-34-32-19-13-15-21-39(32)50(42(34)28-38(33)45)30-22-24-40-35(26-30)43-41(49(40)29-16-10-9-11-17-29)25-23-37-44(43)47(5,6)48(7,8)46(37,3)4/h9-28H,1-8H3. The van der Waals surface area contributed by atoms with Gasteiger partial charge in [0, 0.05) is 38.3 Å². The van der Waals surface area contributed by atoms with Gasteiger partial charge in [0.15, 0.2) is 0 Å². The van der Waals surface area contributed by atoms with Crippen molar-refractivity contribution in [1.82, 2.24) is 9.13 Å². The summed E-state index contributed by atoms with van der Waals surface area (Å²) in [5.74, 6) is 0. The number of fused-ring (bicyclic) bond motifs is 11. The molecule has 0 radical (unpaired) electrons. The molecule has 0 amide bonds. The van der Waals surface area contributed by atoms with Crippen molar-refractivity contribution in [1.29, 1.82) is 0 Å². The Labute approximate surface area is 295 Å². The molecule has 0 unspecified atom stereocenters. The first-order valence-corrected chi connectivity index (χ1v) is 18.2. The van der Waals surface area contributed by atoms with Crippen LogP contribution in [0.4, 0.5) is 0 Å². The average molecular weight is 649 g/mol. The van der Waals surface area contributed by atoms with Crippen LogP contribution >= 0.6 is 0 Å². The quantitative estimate of drug-likeness (QED) is 0.177. The maximum absolute atomic E-state index is 2.53. The Balaban J connectivity index is 1.33. The average Bonchev–Trinajstić information content (AvgIpc) is 3.72. The molecule has 0 bridgehead atoms. The van der Waals surface area contributed by atoms with E-state index in [-0.39, 0.29) is 21.7 Å². The Morgan fingerprint density at radius 1 is 0.400 bits per heavy atom. The maximum atomic E-state index is 2.53. The van der Waals surface area contributed by atoms with Gasteiger partial charge < -0.3 is 9.13 Å². The molecule has 0 saturated carbocycles. The fraction of sp³-hybridized carbons (Fsp3) is 0.250. The predicted molar refractivity (Wildman–Crippen MR) is 213 cm³/mol. The van der Waals surface area contributed by atoms with Gasteiger partial charge in [-0.2, -0.15) is 0 Å². The molecule has 2 heteroatoms. The molecule has 10 rings (SSSR count). The van der Waals surface area contributed by atoms with Crippen LogP contribution in [0, 0.1) is 5.41 Å². The molecule has 6 aromatic carbocycles. The summed E-state index contributed by atoms with van der Waals surface area (Å²) in [4.78, 5) is 0. The second-order valence-electron chi connectivity index (χ2n) is 17.1. The Bertz CT molecular complexity index is 2740. The summed E-state index contributed by atoms with van der Waals surface area (Å²) in [7, 11) is 0. The minimum atomic E-state index is -0.0692. The number of benzene rings is 6. The summed E-state index contributed by atoms with van der Waals surface area (Å²) in [5.41, 5.74) is 16.0. The summed E-state index contributed by atoms with van der Waals surface area (Å²) in [6.07, 6.45) is 0. The molecule has 2 aliphatic carbocycles. The first-order chi connectivity index (χ1) is 23.9. The van der Waals surface area contributed by atoms with E-state index in [4.69, 9.17) is 0 Å². The molecule has 2 nitrogen and oxygen atoms in total. The Kier molecular flexibility index (Phi) is 5.59. The van der Waals surface area contributed by atoms with Crippen molar-refractivity contribution in [3.05, 3.63) is 144 Å². The Hall–Kier alpha value is -5.08. The van der Waals surface area contributed by atoms with Gasteiger partial charge in [0.05, 0.1) is 22.1 Å². The Morgan fingerprint density at radius 2 is 1.06 bits per heavy atom. The van der Waals surface area contributed by atoms with Gasteiger partial charge in [-0.1, -0.05) is 122 Å². The van der Waals surface area contributed by atoms with Crippen LogP contribution in [0.1, 0.15) is 77.6 Å². The van der Waals surface area contributed by atoms with E-state index in [1.165, 1.54) is 88.4 Å². The number of para-hydroxylation sites is 2. The van der Waals surface area contributed by atoms with E-state index in [2.05, 4.69) is 186 Å². The zero-order valence-electron chi connectivity index (χ0n) is 30.4. The van der Waals surface area contributed by atoms with E-state index < -0.39 is 0 Å². The molecule has 0 spiro atoms. The minimum Gasteiger partial charge on any atom is -0.309 e. The molecule has 0 atom stereocenters. The van der Waals surface area contributed by atoms with E-state index in [0.29, 0.717) is 0 Å². The van der Waals surface area contributed by atoms with Gasteiger partial charge in [0.2, 0.25) is 0 Å². The van der Waals surface area contributed by atoms with Crippen LogP contribution in [-0.4, -0.2) is 9.13 Å². The number of hydrogen-bond donors (Lipinski definition) is 0. The van der Waals surface area contributed by atoms with Gasteiger partial charge in [-0.25, -0.2) is 0 Å². The third kappa shape index (κ3) is 3.40. The van der Waals surface area contributed by atoms with E-state index >= 15 is 0 Å². The van der Waals surface area contributed by atoms with Crippen LogP contribution < -0.4 is 0 Å². The lowest BCUT2D eigenvalue weighted by Crippen LogP contribution is -2.42. The van der Waals surface area contributed by atoms with Crippen molar-refractivity contribution >= 4 is 43.6 Å². The lowest BCUT2D eigenvalue weighted by molar-refractivity contribution is 0.125. The van der Waals surface area contributed by atoms with Gasteiger partial charge in [-0.3, -0.25) is 0 Å². The molecule has 0 fully saturated rings. The highest BCUT2D eigenvalue weighted by Gasteiger charge is 2.57. The second kappa shape index (κ2) is 9.37. The van der Waals surface area contributed by atoms with E-state index in [0.717, 1.165) is 0 Å². The molecule has 0 aliphatic heterocycles. The van der Waals surface area contributed by atoms with Crippen LogP contribution in [0.3, 0.4) is 0 Å². The number of rotatable bonds is 2. The molecule has 0 saturated heterocycles. The molecule has 2 aromatic heterocycles. The zero-order valence-corrected chi connectivity index (χ0v) is 30.4. The largest absolute Gasteiger partial charge is 0.309 e. The highest BCUT2D eigenvalue weighted by Crippen LogP contribution is 2.63. The van der Waals surface area contributed by atoms with Gasteiger partial charge >= 0.3 is 0 Å². The van der Waals surface area contributed by atoms with Crippen LogP contribution in [-0.2, 0) is 16.2 Å². The van der Waals surface area contributed by atoms with Crippen LogP contribution in [0.15, 0.2) is 121 Å². The molecule has 2 aliphatic rings. The lowest BCUT2D eigenvalue weighted by atomic mass is 9.59. The first-order valence-electron chi connectivity index (χ1n) is 18.2. The lowest BCUT2D eigenvalue weighted by Gasteiger charge is -2.44. The first kappa shape index (κ1) is 29.8. The van der Waals surface area contributed by atoms with Gasteiger partial charge in [0.1, 0.15) is 0 Å². The van der Waals surface area contributed by atoms with Crippen LogP contribution in [0.5, 0.6) is 0 Å². The fourth-order valence-corrected chi connectivity index (χ4v) is 10.1. The molecule has 50 heavy (non-hydrogen) atoms. The third-order valence-corrected chi connectivity index (χ3v) is 14.0. The maximum Gasteiger partial charge on any atom is 0.0544 e. The topological polar surface area (TPSA) is 9.86 Å². The van der Waals surface area contributed by atoms with Crippen molar-refractivity contribution < 1.29 is 0 Å². The highest BCUT2D eigenvalue weighted by molar-refractivity contribution is 6.15. The third-order valence-electron chi connectivity index (χ3n) is 14.0. The number of hydrogen-bond acceptors (Lipinski definition) is 0. The normalized spacial score (nSPS) is 17.8. The zero-order chi connectivity index (χ0) is 34.5. The second-order valence-corrected chi connectivity index (χ2v) is 17.1. The van der Waals surface area contributed by atoms with Crippen molar-refractivity contribution in [2.45, 2.75) is 71.6 Å². The summed E-state index contributed by atoms with van der Waals surface area (Å²) in [6.45, 7) is 19.5. The van der Waals surface area contributed by atoms with Crippen molar-refractivity contribution in [3.63, 3.8) is 0 Å². The summed E-state index contributed by atoms with van der Waals surface area (Å²) < 4.78 is 5.01. The molecule has 246 valence electrons. The monoisotopic (exact) mass is 648 g/mol. The molecular formula is C48H44N2. The Morgan fingerprint density at radius 3 is 1.86 bits per heavy atom. The van der Waals surface area contributed by atoms with Crippen LogP contribution in [0.25, 0.3) is 66.1 Å². The van der Waals surface area contributed by atoms with Gasteiger partial charge in [-0.15, -0.1) is 0 Å². The molecule has 2 heterocycles. The molecule has 8 aromatic rings. The van der Waals surface area contributed by atoms with E-state index in [1.807, 2.05) is 0 Å². The SMILES string of the molecule is CC1(C)c2ccccc2-c2cc3c4ccccc4n(-c4ccc5c(c4)c4c6c(ccc4n5-c4ccccc4)C(C)(C)C(C)(C)C6(C)C)c3cc21. The summed E-state index contributed by atoms with van der Waals surface area (Å²) in [6, 6.07) is 45.8. The van der Waals surface area contributed by atoms with Crippen molar-refractivity contribution in [2.75, 3.05) is 0 Å². The predicted octanol–water partition coefficient (Wildman–Crippen LogP) is 12.8. The summed E-state index contributed by atoms with van der Waals surface area (Å²) in [5, 5.41) is 5.32. The smallest absolute Gasteiger partial charge is 0.0544 e. The highest BCUT2D eigenvalue weighted by atomic mass is 15.0. The van der Waals surface area contributed by atoms with Gasteiger partial charge in [0.25, 0.3) is 0 Å².